The van der Waals surface area contributed by atoms with Crippen molar-refractivity contribution in [3.8, 4) is 10.4 Å². The third kappa shape index (κ3) is 3.38. The van der Waals surface area contributed by atoms with Gasteiger partial charge in [-0.15, -0.1) is 21.5 Å². The molecule has 1 aliphatic heterocycles. The number of thiophene rings is 1. The van der Waals surface area contributed by atoms with E-state index in [9.17, 15) is 4.79 Å². The molecule has 0 saturated carbocycles. The summed E-state index contributed by atoms with van der Waals surface area (Å²) in [6, 6.07) is 9.93. The number of nitrogens with one attached hydrogen (secondary N) is 2. The Bertz CT molecular complexity index is 967. The lowest BCUT2D eigenvalue weighted by molar-refractivity contribution is 0.0996. The van der Waals surface area contributed by atoms with Crippen LogP contribution in [-0.4, -0.2) is 35.2 Å². The van der Waals surface area contributed by atoms with Crippen molar-refractivity contribution in [3.05, 3.63) is 41.0 Å². The fourth-order valence-corrected chi connectivity index (χ4v) is 4.50. The molecule has 1 saturated heterocycles. The summed E-state index contributed by atoms with van der Waals surface area (Å²) in [6.07, 6.45) is 2.18. The Morgan fingerprint density at radius 1 is 1.35 bits per heavy atom. The van der Waals surface area contributed by atoms with Gasteiger partial charge >= 0.3 is 0 Å². The van der Waals surface area contributed by atoms with Crippen LogP contribution in [0.2, 0.25) is 5.02 Å². The van der Waals surface area contributed by atoms with Crippen molar-refractivity contribution in [2.24, 2.45) is 5.73 Å². The number of hydrogen-bond donors (Lipinski definition) is 3. The summed E-state index contributed by atoms with van der Waals surface area (Å²) < 4.78 is 0.744. The molecule has 6 nitrogen and oxygen atoms in total. The van der Waals surface area contributed by atoms with Crippen molar-refractivity contribution in [3.63, 3.8) is 0 Å². The topological polar surface area (TPSA) is 92.9 Å². The number of amides is 1. The SMILES string of the molecule is NC(=O)c1nnc(N[C@H]2CCCNC2)c2cc(-c3cccc(Cl)c3)sc12. The molecule has 4 N–H and O–H groups in total. The highest BCUT2D eigenvalue weighted by atomic mass is 35.5. The molecule has 4 rings (SSSR count). The van der Waals surface area contributed by atoms with Gasteiger partial charge in [0.1, 0.15) is 0 Å². The van der Waals surface area contributed by atoms with Gasteiger partial charge in [-0.1, -0.05) is 23.7 Å². The second-order valence-corrected chi connectivity index (χ2v) is 7.80. The summed E-state index contributed by atoms with van der Waals surface area (Å²) in [4.78, 5) is 12.8. The van der Waals surface area contributed by atoms with Crippen molar-refractivity contribution < 1.29 is 4.79 Å². The van der Waals surface area contributed by atoms with E-state index in [0.29, 0.717) is 10.8 Å². The van der Waals surface area contributed by atoms with Crippen molar-refractivity contribution in [2.45, 2.75) is 18.9 Å². The Morgan fingerprint density at radius 3 is 2.96 bits per heavy atom. The van der Waals surface area contributed by atoms with Gasteiger partial charge in [-0.05, 0) is 43.1 Å². The highest BCUT2D eigenvalue weighted by Gasteiger charge is 2.20. The predicted octanol–water partition coefficient (Wildman–Crippen LogP) is 3.27. The van der Waals surface area contributed by atoms with Crippen LogP contribution in [0.15, 0.2) is 30.3 Å². The van der Waals surface area contributed by atoms with Crippen LogP contribution in [0.25, 0.3) is 20.5 Å². The second kappa shape index (κ2) is 7.19. The number of nitrogens with two attached hydrogens (primary N) is 1. The molecule has 3 aromatic rings. The third-order valence-electron chi connectivity index (χ3n) is 4.43. The summed E-state index contributed by atoms with van der Waals surface area (Å²) in [6.45, 7) is 1.92. The first-order valence-electron chi connectivity index (χ1n) is 8.45. The summed E-state index contributed by atoms with van der Waals surface area (Å²) in [5.41, 5.74) is 6.69. The second-order valence-electron chi connectivity index (χ2n) is 6.31. The lowest BCUT2D eigenvalue weighted by Gasteiger charge is -2.24. The van der Waals surface area contributed by atoms with E-state index in [1.807, 2.05) is 30.3 Å². The van der Waals surface area contributed by atoms with Crippen molar-refractivity contribution in [1.82, 2.24) is 15.5 Å². The number of anilines is 1. The monoisotopic (exact) mass is 387 g/mol. The van der Waals surface area contributed by atoms with Gasteiger partial charge in [0.05, 0.1) is 4.70 Å². The number of carbonyl (C=O) groups is 1. The van der Waals surface area contributed by atoms with Crippen LogP contribution in [0.4, 0.5) is 5.82 Å². The van der Waals surface area contributed by atoms with Crippen LogP contribution < -0.4 is 16.4 Å². The molecule has 2 aromatic heterocycles. The van der Waals surface area contributed by atoms with Crippen LogP contribution >= 0.6 is 22.9 Å². The summed E-state index contributed by atoms with van der Waals surface area (Å²) in [7, 11) is 0. The molecule has 8 heteroatoms. The number of rotatable bonds is 4. The van der Waals surface area contributed by atoms with Gasteiger partial charge < -0.3 is 16.4 Å². The first kappa shape index (κ1) is 17.2. The van der Waals surface area contributed by atoms with E-state index < -0.39 is 5.91 Å². The minimum atomic E-state index is -0.576. The molecule has 26 heavy (non-hydrogen) atoms. The number of halogens is 1. The van der Waals surface area contributed by atoms with E-state index in [1.54, 1.807) is 0 Å². The summed E-state index contributed by atoms with van der Waals surface area (Å²) >= 11 is 7.59. The summed E-state index contributed by atoms with van der Waals surface area (Å²) in [5.74, 6) is 0.108. The van der Waals surface area contributed by atoms with Gasteiger partial charge in [-0.25, -0.2) is 0 Å². The van der Waals surface area contributed by atoms with E-state index in [-0.39, 0.29) is 11.7 Å². The van der Waals surface area contributed by atoms with Gasteiger partial charge in [-0.3, -0.25) is 4.79 Å². The fraction of sp³-hybridized carbons (Fsp3) is 0.278. The number of hydrogen-bond acceptors (Lipinski definition) is 6. The minimum Gasteiger partial charge on any atom is -0.364 e. The maximum absolute atomic E-state index is 11.8. The molecule has 0 bridgehead atoms. The number of primary amides is 1. The maximum Gasteiger partial charge on any atom is 0.270 e. The Hall–Kier alpha value is -2.22. The average Bonchev–Trinajstić information content (AvgIpc) is 3.08. The smallest absolute Gasteiger partial charge is 0.270 e. The first-order valence-corrected chi connectivity index (χ1v) is 9.64. The molecular weight excluding hydrogens is 370 g/mol. The van der Waals surface area contributed by atoms with Crippen molar-refractivity contribution in [1.29, 1.82) is 0 Å². The number of benzene rings is 1. The van der Waals surface area contributed by atoms with Crippen LogP contribution in [0.1, 0.15) is 23.3 Å². The molecule has 0 spiro atoms. The molecule has 134 valence electrons. The average molecular weight is 388 g/mol. The predicted molar refractivity (Wildman–Crippen MR) is 106 cm³/mol. The largest absolute Gasteiger partial charge is 0.364 e. The first-order chi connectivity index (χ1) is 12.6. The minimum absolute atomic E-state index is 0.200. The summed E-state index contributed by atoms with van der Waals surface area (Å²) in [5, 5.41) is 16.7. The van der Waals surface area contributed by atoms with Gasteiger partial charge in [0.25, 0.3) is 5.91 Å². The van der Waals surface area contributed by atoms with E-state index >= 15 is 0 Å². The van der Waals surface area contributed by atoms with E-state index in [1.165, 1.54) is 11.3 Å². The Kier molecular flexibility index (Phi) is 4.76. The zero-order chi connectivity index (χ0) is 18.1. The van der Waals surface area contributed by atoms with Gasteiger partial charge in [0.15, 0.2) is 11.5 Å². The Morgan fingerprint density at radius 2 is 2.23 bits per heavy atom. The molecule has 1 fully saturated rings. The molecular formula is C18H18ClN5OS. The van der Waals surface area contributed by atoms with Crippen LogP contribution in [0.5, 0.6) is 0 Å². The molecule has 1 amide bonds. The fourth-order valence-electron chi connectivity index (χ4n) is 3.16. The highest BCUT2D eigenvalue weighted by molar-refractivity contribution is 7.22. The molecule has 3 heterocycles. The van der Waals surface area contributed by atoms with Crippen molar-refractivity contribution >= 4 is 44.7 Å². The molecule has 0 radical (unpaired) electrons. The number of carbonyl (C=O) groups excluding carboxylic acids is 1. The maximum atomic E-state index is 11.8. The lowest BCUT2D eigenvalue weighted by Crippen LogP contribution is -2.38. The third-order valence-corrected chi connectivity index (χ3v) is 5.86. The van der Waals surface area contributed by atoms with E-state index in [4.69, 9.17) is 17.3 Å². The van der Waals surface area contributed by atoms with Crippen LogP contribution in [0, 0.1) is 0 Å². The molecule has 1 aliphatic rings. The molecule has 1 atom stereocenters. The Labute approximate surface area is 159 Å². The van der Waals surface area contributed by atoms with Gasteiger partial charge in [0, 0.05) is 27.9 Å². The normalized spacial score (nSPS) is 17.3. The highest BCUT2D eigenvalue weighted by Crippen LogP contribution is 2.38. The van der Waals surface area contributed by atoms with Crippen LogP contribution in [-0.2, 0) is 0 Å². The Balaban J connectivity index is 1.80. The molecule has 0 unspecified atom stereocenters. The molecule has 0 aliphatic carbocycles. The number of nitrogens with zero attached hydrogens (tertiary/aromatic N) is 2. The van der Waals surface area contributed by atoms with Crippen LogP contribution in [0.3, 0.4) is 0 Å². The van der Waals surface area contributed by atoms with Gasteiger partial charge in [-0.2, -0.15) is 0 Å². The standard InChI is InChI=1S/C18H18ClN5OS/c19-11-4-1-3-10(7-11)14-8-13-16(26-14)15(17(20)25)23-24-18(13)22-12-5-2-6-21-9-12/h1,3-4,7-8,12,21H,2,5-6,9H2,(H2,20,25)(H,22,24)/t12-/m0/s1. The number of piperidine rings is 1. The molecule has 1 aromatic carbocycles. The van der Waals surface area contributed by atoms with E-state index in [2.05, 4.69) is 20.8 Å². The quantitative estimate of drug-likeness (QED) is 0.638. The zero-order valence-corrected chi connectivity index (χ0v) is 15.5. The number of aromatic nitrogens is 2. The number of fused-ring (bicyclic) bond motifs is 1. The lowest BCUT2D eigenvalue weighted by atomic mass is 10.1. The van der Waals surface area contributed by atoms with Crippen molar-refractivity contribution in [2.75, 3.05) is 18.4 Å². The zero-order valence-electron chi connectivity index (χ0n) is 14.0. The van der Waals surface area contributed by atoms with Gasteiger partial charge in [0.2, 0.25) is 0 Å². The van der Waals surface area contributed by atoms with E-state index in [0.717, 1.165) is 46.5 Å².